The Kier molecular flexibility index (Phi) is 7.34. The minimum Gasteiger partial charge on any atom is -0.497 e. The molecule has 27 heavy (non-hydrogen) atoms. The first-order valence-electron chi connectivity index (χ1n) is 10.7. The second-order valence-corrected chi connectivity index (χ2v) is 7.90. The van der Waals surface area contributed by atoms with Gasteiger partial charge in [0.1, 0.15) is 5.75 Å². The van der Waals surface area contributed by atoms with Crippen molar-refractivity contribution in [3.8, 4) is 5.75 Å². The molecule has 0 aliphatic heterocycles. The highest BCUT2D eigenvalue weighted by Crippen LogP contribution is 2.41. The lowest BCUT2D eigenvalue weighted by atomic mass is 9.70. The molecule has 0 radical (unpaired) electrons. The molecule has 2 nitrogen and oxygen atoms in total. The van der Waals surface area contributed by atoms with Crippen LogP contribution in [0.5, 0.6) is 5.75 Å². The van der Waals surface area contributed by atoms with Crippen molar-refractivity contribution < 1.29 is 4.74 Å². The van der Waals surface area contributed by atoms with Crippen LogP contribution in [0.15, 0.2) is 48.5 Å². The fourth-order valence-corrected chi connectivity index (χ4v) is 4.66. The Bertz CT molecular complexity index is 697. The lowest BCUT2D eigenvalue weighted by molar-refractivity contribution is 0.265. The summed E-state index contributed by atoms with van der Waals surface area (Å²) < 4.78 is 5.54. The number of rotatable bonds is 9. The molecule has 2 aromatic carbocycles. The van der Waals surface area contributed by atoms with Gasteiger partial charge in [0.05, 0.1) is 7.11 Å². The third-order valence-corrected chi connectivity index (χ3v) is 6.21. The largest absolute Gasteiger partial charge is 0.497 e. The highest BCUT2D eigenvalue weighted by molar-refractivity contribution is 5.41. The highest BCUT2D eigenvalue weighted by atomic mass is 16.5. The molecule has 0 heterocycles. The first-order valence-corrected chi connectivity index (χ1v) is 10.7. The molecule has 146 valence electrons. The van der Waals surface area contributed by atoms with Crippen molar-refractivity contribution in [1.29, 1.82) is 0 Å². The van der Waals surface area contributed by atoms with E-state index in [1.807, 2.05) is 0 Å². The first-order chi connectivity index (χ1) is 13.3. The van der Waals surface area contributed by atoms with Gasteiger partial charge in [-0.15, -0.1) is 0 Å². The fourth-order valence-electron chi connectivity index (χ4n) is 4.66. The topological polar surface area (TPSA) is 21.3 Å². The van der Waals surface area contributed by atoms with Crippen molar-refractivity contribution in [3.63, 3.8) is 0 Å². The first kappa shape index (κ1) is 19.9. The summed E-state index contributed by atoms with van der Waals surface area (Å²) in [5.41, 5.74) is 4.47. The molecule has 3 unspecified atom stereocenters. The number of unbranched alkanes of at least 4 members (excludes halogenated alkanes) is 1. The van der Waals surface area contributed by atoms with E-state index in [0.29, 0.717) is 17.9 Å². The van der Waals surface area contributed by atoms with Gasteiger partial charge in [-0.05, 0) is 66.5 Å². The van der Waals surface area contributed by atoms with E-state index in [1.54, 1.807) is 7.11 Å². The van der Waals surface area contributed by atoms with Gasteiger partial charge in [-0.2, -0.15) is 0 Å². The number of hydrogen-bond donors (Lipinski definition) is 1. The van der Waals surface area contributed by atoms with Gasteiger partial charge in [-0.25, -0.2) is 0 Å². The number of nitrogens with one attached hydrogen (secondary N) is 1. The maximum Gasteiger partial charge on any atom is 0.119 e. The van der Waals surface area contributed by atoms with Crippen LogP contribution in [0.1, 0.15) is 62.1 Å². The molecule has 0 bridgehead atoms. The van der Waals surface area contributed by atoms with Crippen LogP contribution in [0, 0.1) is 5.92 Å². The smallest absolute Gasteiger partial charge is 0.119 e. The van der Waals surface area contributed by atoms with Crippen LogP contribution < -0.4 is 10.1 Å². The summed E-state index contributed by atoms with van der Waals surface area (Å²) in [6, 6.07) is 18.1. The van der Waals surface area contributed by atoms with Gasteiger partial charge in [0.25, 0.3) is 0 Å². The zero-order valence-electron chi connectivity index (χ0n) is 17.2. The fraction of sp³-hybridized carbons (Fsp3) is 0.520. The van der Waals surface area contributed by atoms with Crippen molar-refractivity contribution in [3.05, 3.63) is 65.2 Å². The molecule has 0 aromatic heterocycles. The standard InChI is InChI=1S/C25H35NO/c1-4-6-12-23-24-18-22(27-3)14-13-21(24)17-20(5-2)25(23)26-16-15-19-10-8-7-9-11-19/h7-11,13-14,18,20,23,25-26H,4-6,12,15-17H2,1-3H3. The molecule has 0 saturated carbocycles. The van der Waals surface area contributed by atoms with E-state index in [0.717, 1.165) is 18.7 Å². The second-order valence-electron chi connectivity index (χ2n) is 7.90. The minimum atomic E-state index is 0.560. The summed E-state index contributed by atoms with van der Waals surface area (Å²) in [7, 11) is 1.77. The van der Waals surface area contributed by atoms with E-state index < -0.39 is 0 Å². The van der Waals surface area contributed by atoms with Crippen LogP contribution in [0.4, 0.5) is 0 Å². The molecule has 0 saturated heterocycles. The highest BCUT2D eigenvalue weighted by Gasteiger charge is 2.35. The monoisotopic (exact) mass is 365 g/mol. The van der Waals surface area contributed by atoms with E-state index in [2.05, 4.69) is 67.7 Å². The third-order valence-electron chi connectivity index (χ3n) is 6.21. The summed E-state index contributed by atoms with van der Waals surface area (Å²) in [6.07, 6.45) is 7.31. The number of fused-ring (bicyclic) bond motifs is 1. The van der Waals surface area contributed by atoms with Gasteiger partial charge in [0.2, 0.25) is 0 Å². The van der Waals surface area contributed by atoms with Crippen LogP contribution in [-0.4, -0.2) is 19.7 Å². The molecule has 0 spiro atoms. The van der Waals surface area contributed by atoms with E-state index in [9.17, 15) is 0 Å². The van der Waals surface area contributed by atoms with E-state index in [1.165, 1.54) is 48.8 Å². The van der Waals surface area contributed by atoms with Gasteiger partial charge in [-0.3, -0.25) is 0 Å². The Morgan fingerprint density at radius 1 is 1.07 bits per heavy atom. The molecule has 0 fully saturated rings. The van der Waals surface area contributed by atoms with Crippen LogP contribution in [0.2, 0.25) is 0 Å². The van der Waals surface area contributed by atoms with Crippen LogP contribution in [0.25, 0.3) is 0 Å². The summed E-state index contributed by atoms with van der Waals surface area (Å²) in [5, 5.41) is 3.97. The Labute approximate surface area is 165 Å². The Morgan fingerprint density at radius 2 is 1.89 bits per heavy atom. The molecule has 1 aliphatic carbocycles. The van der Waals surface area contributed by atoms with Gasteiger partial charge >= 0.3 is 0 Å². The quantitative estimate of drug-likeness (QED) is 0.611. The van der Waals surface area contributed by atoms with Crippen molar-refractivity contribution >= 4 is 0 Å². The van der Waals surface area contributed by atoms with Gasteiger partial charge in [-0.1, -0.05) is 69.5 Å². The zero-order chi connectivity index (χ0) is 19.1. The maximum absolute atomic E-state index is 5.54. The summed E-state index contributed by atoms with van der Waals surface area (Å²) in [4.78, 5) is 0. The van der Waals surface area contributed by atoms with E-state index >= 15 is 0 Å². The summed E-state index contributed by atoms with van der Waals surface area (Å²) in [6.45, 7) is 5.69. The molecular formula is C25H35NO. The van der Waals surface area contributed by atoms with Crippen molar-refractivity contribution in [2.24, 2.45) is 5.92 Å². The van der Waals surface area contributed by atoms with Crippen LogP contribution in [0.3, 0.4) is 0 Å². The van der Waals surface area contributed by atoms with Gasteiger partial charge in [0.15, 0.2) is 0 Å². The van der Waals surface area contributed by atoms with Crippen LogP contribution in [-0.2, 0) is 12.8 Å². The average molecular weight is 366 g/mol. The Morgan fingerprint density at radius 3 is 2.59 bits per heavy atom. The molecule has 3 atom stereocenters. The molecule has 2 aromatic rings. The zero-order valence-corrected chi connectivity index (χ0v) is 17.2. The van der Waals surface area contributed by atoms with E-state index in [-0.39, 0.29) is 0 Å². The van der Waals surface area contributed by atoms with Crippen molar-refractivity contribution in [1.82, 2.24) is 5.32 Å². The average Bonchev–Trinajstić information content (AvgIpc) is 2.72. The van der Waals surface area contributed by atoms with E-state index in [4.69, 9.17) is 4.74 Å². The summed E-state index contributed by atoms with van der Waals surface area (Å²) in [5.74, 6) is 2.29. The lowest BCUT2D eigenvalue weighted by Crippen LogP contribution is -2.45. The maximum atomic E-state index is 5.54. The molecular weight excluding hydrogens is 330 g/mol. The molecule has 2 heteroatoms. The minimum absolute atomic E-state index is 0.560. The number of hydrogen-bond acceptors (Lipinski definition) is 2. The predicted molar refractivity (Wildman–Crippen MR) is 115 cm³/mol. The molecule has 0 amide bonds. The Balaban J connectivity index is 1.79. The molecule has 3 rings (SSSR count). The van der Waals surface area contributed by atoms with Gasteiger partial charge in [0, 0.05) is 6.04 Å². The number of ether oxygens (including phenoxy) is 1. The van der Waals surface area contributed by atoms with Crippen LogP contribution >= 0.6 is 0 Å². The Hall–Kier alpha value is -1.80. The summed E-state index contributed by atoms with van der Waals surface area (Å²) >= 11 is 0. The second kappa shape index (κ2) is 9.94. The number of methoxy groups -OCH3 is 1. The molecule has 1 aliphatic rings. The van der Waals surface area contributed by atoms with Crippen molar-refractivity contribution in [2.75, 3.05) is 13.7 Å². The van der Waals surface area contributed by atoms with Gasteiger partial charge < -0.3 is 10.1 Å². The SMILES string of the molecule is CCCCC1c2cc(OC)ccc2CC(CC)C1NCCc1ccccc1. The molecule has 1 N–H and O–H groups in total. The third kappa shape index (κ3) is 4.93. The lowest BCUT2D eigenvalue weighted by Gasteiger charge is -2.40. The predicted octanol–water partition coefficient (Wildman–Crippen LogP) is 5.75. The van der Waals surface area contributed by atoms with Crippen molar-refractivity contribution in [2.45, 2.75) is 64.3 Å². The normalized spacial score (nSPS) is 21.7. The number of benzene rings is 2.